The molecule has 0 aliphatic carbocycles. The molecule has 0 saturated carbocycles. The van der Waals surface area contributed by atoms with E-state index in [0.29, 0.717) is 18.7 Å². The number of phenols is 1. The van der Waals surface area contributed by atoms with Crippen molar-refractivity contribution in [2.75, 3.05) is 18.0 Å². The number of rotatable bonds is 2. The fourth-order valence-corrected chi connectivity index (χ4v) is 2.58. The van der Waals surface area contributed by atoms with Gasteiger partial charge in [0.05, 0.1) is 5.92 Å². The van der Waals surface area contributed by atoms with Crippen molar-refractivity contribution in [3.63, 3.8) is 0 Å². The van der Waals surface area contributed by atoms with Crippen molar-refractivity contribution in [3.05, 3.63) is 23.8 Å². The minimum atomic E-state index is -4.10. The Hall–Kier alpha value is -1.43. The molecular formula is C14H19F3N2O. The van der Waals surface area contributed by atoms with Crippen LogP contribution in [0.1, 0.15) is 31.4 Å². The first-order valence-electron chi connectivity index (χ1n) is 6.69. The number of hydrogen-bond donors (Lipinski definition) is 2. The number of halogens is 3. The fourth-order valence-electron chi connectivity index (χ4n) is 2.58. The van der Waals surface area contributed by atoms with E-state index in [0.717, 1.165) is 5.69 Å². The van der Waals surface area contributed by atoms with Crippen molar-refractivity contribution in [1.82, 2.24) is 0 Å². The van der Waals surface area contributed by atoms with Gasteiger partial charge in [-0.15, -0.1) is 0 Å². The number of alkyl halides is 3. The molecule has 3 N–H and O–H groups in total. The molecular weight excluding hydrogens is 269 g/mol. The summed E-state index contributed by atoms with van der Waals surface area (Å²) in [5.74, 6) is -1.12. The van der Waals surface area contributed by atoms with Crippen LogP contribution < -0.4 is 10.6 Å². The molecule has 2 rings (SSSR count). The first kappa shape index (κ1) is 15.0. The summed E-state index contributed by atoms with van der Waals surface area (Å²) in [6, 6.07) is 4.82. The topological polar surface area (TPSA) is 49.5 Å². The number of anilines is 1. The molecule has 1 aliphatic rings. The van der Waals surface area contributed by atoms with Gasteiger partial charge in [-0.2, -0.15) is 13.2 Å². The third-order valence-electron chi connectivity index (χ3n) is 3.83. The van der Waals surface area contributed by atoms with Crippen LogP contribution in [0.4, 0.5) is 18.9 Å². The summed E-state index contributed by atoms with van der Waals surface area (Å²) in [4.78, 5) is 1.87. The Kier molecular flexibility index (Phi) is 4.13. The Morgan fingerprint density at radius 1 is 1.30 bits per heavy atom. The molecule has 1 aromatic carbocycles. The highest BCUT2D eigenvalue weighted by Gasteiger charge is 2.41. The van der Waals surface area contributed by atoms with Crippen molar-refractivity contribution >= 4 is 5.69 Å². The number of phenolic OH excluding ortho intramolecular Hbond substituents is 1. The smallest absolute Gasteiger partial charge is 0.391 e. The summed E-state index contributed by atoms with van der Waals surface area (Å²) in [6.07, 6.45) is -3.91. The molecule has 20 heavy (non-hydrogen) atoms. The van der Waals surface area contributed by atoms with Gasteiger partial charge in [0.15, 0.2) is 0 Å². The summed E-state index contributed by atoms with van der Waals surface area (Å²) < 4.78 is 37.8. The highest BCUT2D eigenvalue weighted by atomic mass is 19.4. The van der Waals surface area contributed by atoms with Crippen LogP contribution in [0.5, 0.6) is 5.75 Å². The Morgan fingerprint density at radius 2 is 1.90 bits per heavy atom. The molecule has 6 heteroatoms. The predicted molar refractivity (Wildman–Crippen MR) is 71.7 cm³/mol. The molecule has 0 radical (unpaired) electrons. The lowest BCUT2D eigenvalue weighted by Gasteiger charge is -2.34. The van der Waals surface area contributed by atoms with E-state index in [1.165, 1.54) is 0 Å². The van der Waals surface area contributed by atoms with Crippen LogP contribution >= 0.6 is 0 Å². The number of benzene rings is 1. The summed E-state index contributed by atoms with van der Waals surface area (Å²) >= 11 is 0. The van der Waals surface area contributed by atoms with E-state index in [-0.39, 0.29) is 24.6 Å². The van der Waals surface area contributed by atoms with Crippen molar-refractivity contribution in [2.24, 2.45) is 11.7 Å². The molecule has 0 spiro atoms. The SMILES string of the molecule is CC(N)c1ccc(N2CCC(C(F)(F)F)CC2)cc1O. The zero-order valence-corrected chi connectivity index (χ0v) is 11.3. The van der Waals surface area contributed by atoms with Crippen LogP contribution in [0.3, 0.4) is 0 Å². The third-order valence-corrected chi connectivity index (χ3v) is 3.83. The molecule has 1 fully saturated rings. The maximum absolute atomic E-state index is 12.6. The number of piperidine rings is 1. The highest BCUT2D eigenvalue weighted by molar-refractivity contribution is 5.54. The normalized spacial score (nSPS) is 19.1. The molecule has 0 bridgehead atoms. The van der Waals surface area contributed by atoms with Gasteiger partial charge in [0.1, 0.15) is 5.75 Å². The predicted octanol–water partition coefficient (Wildman–Crippen LogP) is 3.19. The molecule has 0 aromatic heterocycles. The lowest BCUT2D eigenvalue weighted by molar-refractivity contribution is -0.179. The van der Waals surface area contributed by atoms with Gasteiger partial charge >= 0.3 is 6.18 Å². The van der Waals surface area contributed by atoms with Crippen LogP contribution in [-0.2, 0) is 0 Å². The highest BCUT2D eigenvalue weighted by Crippen LogP contribution is 2.36. The Morgan fingerprint density at radius 3 is 2.35 bits per heavy atom. The van der Waals surface area contributed by atoms with E-state index in [4.69, 9.17) is 5.73 Å². The summed E-state index contributed by atoms with van der Waals surface area (Å²) in [7, 11) is 0. The Labute approximate surface area is 116 Å². The molecule has 1 atom stereocenters. The summed E-state index contributed by atoms with van der Waals surface area (Å²) in [6.45, 7) is 2.46. The first-order valence-corrected chi connectivity index (χ1v) is 6.69. The monoisotopic (exact) mass is 288 g/mol. The second-order valence-corrected chi connectivity index (χ2v) is 5.33. The number of aromatic hydroxyl groups is 1. The van der Waals surface area contributed by atoms with Crippen LogP contribution in [0.25, 0.3) is 0 Å². The maximum atomic E-state index is 12.6. The molecule has 1 aliphatic heterocycles. The molecule has 0 amide bonds. The fraction of sp³-hybridized carbons (Fsp3) is 0.571. The molecule has 112 valence electrons. The van der Waals surface area contributed by atoms with Gasteiger partial charge in [0.2, 0.25) is 0 Å². The van der Waals surface area contributed by atoms with E-state index in [9.17, 15) is 18.3 Å². The quantitative estimate of drug-likeness (QED) is 0.878. The zero-order valence-electron chi connectivity index (χ0n) is 11.3. The number of nitrogens with two attached hydrogens (primary N) is 1. The maximum Gasteiger partial charge on any atom is 0.391 e. The van der Waals surface area contributed by atoms with E-state index in [1.54, 1.807) is 25.1 Å². The summed E-state index contributed by atoms with van der Waals surface area (Å²) in [5.41, 5.74) is 7.09. The third kappa shape index (κ3) is 3.17. The minimum Gasteiger partial charge on any atom is -0.508 e. The average Bonchev–Trinajstić information content (AvgIpc) is 2.37. The first-order chi connectivity index (χ1) is 9.29. The number of nitrogens with zero attached hydrogens (tertiary/aromatic N) is 1. The molecule has 1 unspecified atom stereocenters. The van der Waals surface area contributed by atoms with Gasteiger partial charge in [-0.25, -0.2) is 0 Å². The van der Waals surface area contributed by atoms with Crippen LogP contribution in [0.15, 0.2) is 18.2 Å². The van der Waals surface area contributed by atoms with E-state index < -0.39 is 12.1 Å². The van der Waals surface area contributed by atoms with E-state index in [1.807, 2.05) is 4.90 Å². The Bertz CT molecular complexity index is 466. The van der Waals surface area contributed by atoms with E-state index >= 15 is 0 Å². The lowest BCUT2D eigenvalue weighted by atomic mass is 9.95. The van der Waals surface area contributed by atoms with Gasteiger partial charge in [-0.05, 0) is 25.8 Å². The van der Waals surface area contributed by atoms with Crippen LogP contribution in [0.2, 0.25) is 0 Å². The van der Waals surface area contributed by atoms with Crippen LogP contribution in [-0.4, -0.2) is 24.4 Å². The molecule has 1 aromatic rings. The second kappa shape index (κ2) is 5.52. The van der Waals surface area contributed by atoms with Crippen molar-refractivity contribution in [1.29, 1.82) is 0 Å². The van der Waals surface area contributed by atoms with Crippen molar-refractivity contribution in [2.45, 2.75) is 32.0 Å². The molecule has 1 heterocycles. The Balaban J connectivity index is 2.06. The number of hydrogen-bond acceptors (Lipinski definition) is 3. The second-order valence-electron chi connectivity index (χ2n) is 5.33. The zero-order chi connectivity index (χ0) is 14.9. The van der Waals surface area contributed by atoms with Gasteiger partial charge < -0.3 is 15.7 Å². The standard InChI is InChI=1S/C14H19F3N2O/c1-9(18)12-3-2-11(8-13(12)20)19-6-4-10(5-7-19)14(15,16)17/h2-3,8-10,20H,4-7,18H2,1H3. The van der Waals surface area contributed by atoms with Crippen LogP contribution in [0, 0.1) is 5.92 Å². The van der Waals surface area contributed by atoms with Crippen molar-refractivity contribution < 1.29 is 18.3 Å². The van der Waals surface area contributed by atoms with Gasteiger partial charge in [0.25, 0.3) is 0 Å². The minimum absolute atomic E-state index is 0.0930. The van der Waals surface area contributed by atoms with Gasteiger partial charge in [-0.3, -0.25) is 0 Å². The average molecular weight is 288 g/mol. The molecule has 1 saturated heterocycles. The summed E-state index contributed by atoms with van der Waals surface area (Å²) in [5, 5.41) is 9.89. The largest absolute Gasteiger partial charge is 0.508 e. The molecule has 3 nitrogen and oxygen atoms in total. The lowest BCUT2D eigenvalue weighted by Crippen LogP contribution is -2.39. The van der Waals surface area contributed by atoms with E-state index in [2.05, 4.69) is 0 Å². The van der Waals surface area contributed by atoms with Gasteiger partial charge in [-0.1, -0.05) is 6.07 Å². The van der Waals surface area contributed by atoms with Gasteiger partial charge in [0, 0.05) is 36.4 Å². The van der Waals surface area contributed by atoms with Crippen molar-refractivity contribution in [3.8, 4) is 5.75 Å².